The Kier molecular flexibility index (Phi) is 8.33. The average molecular weight is 388 g/mol. The Labute approximate surface area is 176 Å². The maximum atomic E-state index is 5.92. The molecule has 0 bridgehead atoms. The van der Waals surface area contributed by atoms with Gasteiger partial charge < -0.3 is 4.74 Å². The van der Waals surface area contributed by atoms with E-state index >= 15 is 0 Å². The summed E-state index contributed by atoms with van der Waals surface area (Å²) in [4.78, 5) is 2.60. The fraction of sp³-hybridized carbons (Fsp3) is 0.333. The molecule has 29 heavy (non-hydrogen) atoms. The molecule has 0 saturated carbocycles. The molecule has 0 aliphatic heterocycles. The summed E-state index contributed by atoms with van der Waals surface area (Å²) in [5.41, 5.74) is 3.96. The van der Waals surface area contributed by atoms with Crippen molar-refractivity contribution >= 4 is 0 Å². The highest BCUT2D eigenvalue weighted by molar-refractivity contribution is 5.28. The summed E-state index contributed by atoms with van der Waals surface area (Å²) >= 11 is 0. The SMILES string of the molecule is CCCN(Cc1ccc(OCc2ccccc2)cc1)C(C)CCc1ccccc1. The van der Waals surface area contributed by atoms with Crippen LogP contribution in [0.1, 0.15) is 43.4 Å². The molecule has 0 spiro atoms. The molecule has 0 aliphatic rings. The van der Waals surface area contributed by atoms with Crippen molar-refractivity contribution in [3.8, 4) is 5.75 Å². The second kappa shape index (κ2) is 11.4. The lowest BCUT2D eigenvalue weighted by molar-refractivity contribution is 0.191. The first-order chi connectivity index (χ1) is 14.2. The smallest absolute Gasteiger partial charge is 0.119 e. The van der Waals surface area contributed by atoms with E-state index in [-0.39, 0.29) is 0 Å². The first-order valence-electron chi connectivity index (χ1n) is 10.8. The monoisotopic (exact) mass is 387 g/mol. The third-order valence-corrected chi connectivity index (χ3v) is 5.39. The molecule has 3 aromatic carbocycles. The fourth-order valence-electron chi connectivity index (χ4n) is 3.61. The zero-order valence-corrected chi connectivity index (χ0v) is 17.8. The number of ether oxygens (including phenoxy) is 1. The van der Waals surface area contributed by atoms with Gasteiger partial charge in [0.1, 0.15) is 12.4 Å². The normalized spacial score (nSPS) is 12.1. The van der Waals surface area contributed by atoms with Gasteiger partial charge in [0.25, 0.3) is 0 Å². The summed E-state index contributed by atoms with van der Waals surface area (Å²) in [6.07, 6.45) is 3.49. The Bertz CT molecular complexity index is 814. The van der Waals surface area contributed by atoms with Crippen LogP contribution in [0.25, 0.3) is 0 Å². The highest BCUT2D eigenvalue weighted by Gasteiger charge is 2.13. The van der Waals surface area contributed by atoms with E-state index in [1.54, 1.807) is 0 Å². The average Bonchev–Trinajstić information content (AvgIpc) is 2.78. The third-order valence-electron chi connectivity index (χ3n) is 5.39. The third kappa shape index (κ3) is 7.07. The van der Waals surface area contributed by atoms with Gasteiger partial charge in [-0.3, -0.25) is 4.90 Å². The number of rotatable bonds is 11. The number of hydrogen-bond donors (Lipinski definition) is 0. The van der Waals surface area contributed by atoms with Crippen LogP contribution < -0.4 is 4.74 Å². The molecule has 0 saturated heterocycles. The van der Waals surface area contributed by atoms with Crippen molar-refractivity contribution in [1.29, 1.82) is 0 Å². The van der Waals surface area contributed by atoms with Crippen LogP contribution >= 0.6 is 0 Å². The predicted octanol–water partition coefficient (Wildman–Crippen LogP) is 6.50. The van der Waals surface area contributed by atoms with E-state index in [0.29, 0.717) is 12.6 Å². The van der Waals surface area contributed by atoms with Gasteiger partial charge in [-0.1, -0.05) is 79.7 Å². The fourth-order valence-corrected chi connectivity index (χ4v) is 3.61. The van der Waals surface area contributed by atoms with Gasteiger partial charge in [-0.05, 0) is 61.6 Å². The van der Waals surface area contributed by atoms with Crippen LogP contribution in [0.15, 0.2) is 84.9 Å². The Morgan fingerprint density at radius 2 is 1.38 bits per heavy atom. The molecule has 0 fully saturated rings. The van der Waals surface area contributed by atoms with E-state index < -0.39 is 0 Å². The summed E-state index contributed by atoms with van der Waals surface area (Å²) in [6, 6.07) is 30.3. The quantitative estimate of drug-likeness (QED) is 0.372. The van der Waals surface area contributed by atoms with Crippen LogP contribution in [0.4, 0.5) is 0 Å². The number of nitrogens with zero attached hydrogens (tertiary/aromatic N) is 1. The lowest BCUT2D eigenvalue weighted by atomic mass is 10.0. The second-order valence-corrected chi connectivity index (χ2v) is 7.76. The number of benzene rings is 3. The van der Waals surface area contributed by atoms with E-state index in [1.165, 1.54) is 29.5 Å². The highest BCUT2D eigenvalue weighted by atomic mass is 16.5. The van der Waals surface area contributed by atoms with Gasteiger partial charge in [-0.15, -0.1) is 0 Å². The molecule has 2 heteroatoms. The summed E-state index contributed by atoms with van der Waals surface area (Å²) in [7, 11) is 0. The number of aryl methyl sites for hydroxylation is 1. The molecule has 0 aromatic heterocycles. The molecule has 0 amide bonds. The lowest BCUT2D eigenvalue weighted by Gasteiger charge is -2.29. The van der Waals surface area contributed by atoms with Gasteiger partial charge in [0.15, 0.2) is 0 Å². The maximum Gasteiger partial charge on any atom is 0.119 e. The Morgan fingerprint density at radius 1 is 0.759 bits per heavy atom. The van der Waals surface area contributed by atoms with Crippen molar-refractivity contribution in [3.05, 3.63) is 102 Å². The second-order valence-electron chi connectivity index (χ2n) is 7.76. The minimum atomic E-state index is 0.559. The van der Waals surface area contributed by atoms with Gasteiger partial charge in [0.05, 0.1) is 0 Å². The van der Waals surface area contributed by atoms with Gasteiger partial charge in [0, 0.05) is 12.6 Å². The van der Waals surface area contributed by atoms with Crippen LogP contribution in [0.5, 0.6) is 5.75 Å². The van der Waals surface area contributed by atoms with E-state index in [4.69, 9.17) is 4.74 Å². The van der Waals surface area contributed by atoms with Crippen LogP contribution in [0.3, 0.4) is 0 Å². The standard InChI is InChI=1S/C27H33NO/c1-3-20-28(23(2)14-15-24-10-6-4-7-11-24)21-25-16-18-27(19-17-25)29-22-26-12-8-5-9-13-26/h4-13,16-19,23H,3,14-15,20-22H2,1-2H3. The Morgan fingerprint density at radius 3 is 2.00 bits per heavy atom. The Balaban J connectivity index is 1.52. The van der Waals surface area contributed by atoms with Gasteiger partial charge in [-0.25, -0.2) is 0 Å². The van der Waals surface area contributed by atoms with Crippen molar-refractivity contribution in [2.75, 3.05) is 6.54 Å². The van der Waals surface area contributed by atoms with Crippen LogP contribution in [-0.4, -0.2) is 17.5 Å². The van der Waals surface area contributed by atoms with Crippen LogP contribution in [0, 0.1) is 0 Å². The molecule has 2 nitrogen and oxygen atoms in total. The first-order valence-corrected chi connectivity index (χ1v) is 10.8. The number of hydrogen-bond acceptors (Lipinski definition) is 2. The minimum absolute atomic E-state index is 0.559. The molecule has 152 valence electrons. The molecule has 1 unspecified atom stereocenters. The molecular formula is C27H33NO. The van der Waals surface area contributed by atoms with Gasteiger partial charge in [-0.2, -0.15) is 0 Å². The molecule has 0 aliphatic carbocycles. The summed E-state index contributed by atoms with van der Waals surface area (Å²) in [6.45, 7) is 7.34. The molecule has 0 N–H and O–H groups in total. The minimum Gasteiger partial charge on any atom is -0.489 e. The van der Waals surface area contributed by atoms with E-state index in [1.807, 2.05) is 18.2 Å². The van der Waals surface area contributed by atoms with Crippen molar-refractivity contribution in [1.82, 2.24) is 4.90 Å². The zero-order chi connectivity index (χ0) is 20.3. The van der Waals surface area contributed by atoms with Crippen molar-refractivity contribution in [2.45, 2.75) is 52.3 Å². The van der Waals surface area contributed by atoms with E-state index in [9.17, 15) is 0 Å². The van der Waals surface area contributed by atoms with Crippen LogP contribution in [0.2, 0.25) is 0 Å². The van der Waals surface area contributed by atoms with Gasteiger partial charge >= 0.3 is 0 Å². The maximum absolute atomic E-state index is 5.92. The molecule has 3 aromatic rings. The van der Waals surface area contributed by atoms with Gasteiger partial charge in [0.2, 0.25) is 0 Å². The largest absolute Gasteiger partial charge is 0.489 e. The Hall–Kier alpha value is -2.58. The van der Waals surface area contributed by atoms with Crippen molar-refractivity contribution in [3.63, 3.8) is 0 Å². The zero-order valence-electron chi connectivity index (χ0n) is 17.8. The van der Waals surface area contributed by atoms with E-state index in [2.05, 4.69) is 85.5 Å². The summed E-state index contributed by atoms with van der Waals surface area (Å²) < 4.78 is 5.92. The molecule has 3 rings (SSSR count). The molecule has 1 atom stereocenters. The summed E-state index contributed by atoms with van der Waals surface area (Å²) in [5, 5.41) is 0. The summed E-state index contributed by atoms with van der Waals surface area (Å²) in [5.74, 6) is 0.928. The topological polar surface area (TPSA) is 12.5 Å². The molecule has 0 heterocycles. The van der Waals surface area contributed by atoms with Crippen molar-refractivity contribution in [2.24, 2.45) is 0 Å². The lowest BCUT2D eigenvalue weighted by Crippen LogP contribution is -2.33. The highest BCUT2D eigenvalue weighted by Crippen LogP contribution is 2.18. The van der Waals surface area contributed by atoms with Crippen molar-refractivity contribution < 1.29 is 4.74 Å². The predicted molar refractivity (Wildman–Crippen MR) is 122 cm³/mol. The first kappa shape index (κ1) is 21.1. The van der Waals surface area contributed by atoms with E-state index in [0.717, 1.165) is 25.3 Å². The molecule has 0 radical (unpaired) electrons. The molecular weight excluding hydrogens is 354 g/mol. The van der Waals surface area contributed by atoms with Crippen LogP contribution in [-0.2, 0) is 19.6 Å².